The zero-order valence-electron chi connectivity index (χ0n) is 9.82. The van der Waals surface area contributed by atoms with Crippen LogP contribution in [0.15, 0.2) is 0 Å². The molecule has 1 rings (SSSR count). The summed E-state index contributed by atoms with van der Waals surface area (Å²) < 4.78 is 5.43. The van der Waals surface area contributed by atoms with Gasteiger partial charge in [-0.1, -0.05) is 0 Å². The molecule has 0 saturated carbocycles. The van der Waals surface area contributed by atoms with Crippen LogP contribution in [0.2, 0.25) is 0 Å². The van der Waals surface area contributed by atoms with E-state index in [1.165, 1.54) is 19.5 Å². The van der Waals surface area contributed by atoms with E-state index in [0.717, 1.165) is 32.7 Å². The summed E-state index contributed by atoms with van der Waals surface area (Å²) in [7, 11) is 2.18. The van der Waals surface area contributed by atoms with Crippen molar-refractivity contribution >= 4 is 0 Å². The van der Waals surface area contributed by atoms with E-state index in [2.05, 4.69) is 16.8 Å². The molecule has 15 heavy (non-hydrogen) atoms. The van der Waals surface area contributed by atoms with Crippen LogP contribution in [0.4, 0.5) is 0 Å². The number of aliphatic hydroxyl groups is 1. The Kier molecular flexibility index (Phi) is 6.92. The first-order chi connectivity index (χ1) is 7.33. The molecule has 4 heteroatoms. The van der Waals surface area contributed by atoms with Gasteiger partial charge in [-0.05, 0) is 33.0 Å². The summed E-state index contributed by atoms with van der Waals surface area (Å²) in [5.74, 6) is 0. The van der Waals surface area contributed by atoms with E-state index in [9.17, 15) is 0 Å². The molecule has 90 valence electrons. The average Bonchev–Trinajstić information content (AvgIpc) is 2.43. The van der Waals surface area contributed by atoms with Gasteiger partial charge in [0, 0.05) is 32.8 Å². The molecule has 0 atom stereocenters. The van der Waals surface area contributed by atoms with Gasteiger partial charge >= 0.3 is 0 Å². The molecule has 0 radical (unpaired) electrons. The molecule has 0 aromatic carbocycles. The zero-order chi connectivity index (χ0) is 10.9. The Labute approximate surface area is 92.8 Å². The summed E-state index contributed by atoms with van der Waals surface area (Å²) in [5.41, 5.74) is 0. The lowest BCUT2D eigenvalue weighted by atomic mass is 10.4. The van der Waals surface area contributed by atoms with Gasteiger partial charge in [0.05, 0.1) is 6.61 Å². The van der Waals surface area contributed by atoms with Gasteiger partial charge in [-0.25, -0.2) is 0 Å². The molecule has 0 aromatic rings. The normalized spacial score (nSPS) is 20.4. The van der Waals surface area contributed by atoms with Crippen LogP contribution in [0.25, 0.3) is 0 Å². The van der Waals surface area contributed by atoms with Crippen molar-refractivity contribution in [1.82, 2.24) is 9.80 Å². The van der Waals surface area contributed by atoms with Gasteiger partial charge in [0.25, 0.3) is 0 Å². The molecule has 1 aliphatic heterocycles. The van der Waals surface area contributed by atoms with Crippen LogP contribution in [-0.2, 0) is 4.74 Å². The highest BCUT2D eigenvalue weighted by molar-refractivity contribution is 4.66. The third-order valence-electron chi connectivity index (χ3n) is 2.81. The molecule has 0 aromatic heterocycles. The molecule has 1 heterocycles. The van der Waals surface area contributed by atoms with Gasteiger partial charge < -0.3 is 14.7 Å². The van der Waals surface area contributed by atoms with Crippen molar-refractivity contribution in [3.05, 3.63) is 0 Å². The maximum Gasteiger partial charge on any atom is 0.0593 e. The molecule has 1 aliphatic rings. The van der Waals surface area contributed by atoms with E-state index < -0.39 is 0 Å². The number of rotatable bonds is 6. The monoisotopic (exact) mass is 216 g/mol. The molecule has 0 bridgehead atoms. The van der Waals surface area contributed by atoms with Crippen molar-refractivity contribution < 1.29 is 9.84 Å². The first kappa shape index (κ1) is 12.9. The zero-order valence-corrected chi connectivity index (χ0v) is 9.82. The van der Waals surface area contributed by atoms with Crippen LogP contribution in [0.5, 0.6) is 0 Å². The number of ether oxygens (including phenoxy) is 1. The van der Waals surface area contributed by atoms with Crippen LogP contribution in [0.3, 0.4) is 0 Å². The van der Waals surface area contributed by atoms with Crippen molar-refractivity contribution in [3.8, 4) is 0 Å². The van der Waals surface area contributed by atoms with Crippen LogP contribution >= 0.6 is 0 Å². The third kappa shape index (κ3) is 6.10. The quantitative estimate of drug-likeness (QED) is 0.635. The number of hydrogen-bond donors (Lipinski definition) is 1. The summed E-state index contributed by atoms with van der Waals surface area (Å²) >= 11 is 0. The Bertz CT molecular complexity index is 156. The van der Waals surface area contributed by atoms with Crippen molar-refractivity contribution in [2.45, 2.75) is 12.8 Å². The number of likely N-dealkylation sites (N-methyl/N-ethyl adjacent to an activating group) is 1. The SMILES string of the molecule is CN1CCCN(CCOCCCO)CC1. The van der Waals surface area contributed by atoms with Gasteiger partial charge in [0.15, 0.2) is 0 Å². The Morgan fingerprint density at radius 2 is 2.00 bits per heavy atom. The molecule has 4 nitrogen and oxygen atoms in total. The second-order valence-corrected chi connectivity index (χ2v) is 4.19. The molecule has 0 spiro atoms. The molecule has 0 unspecified atom stereocenters. The van der Waals surface area contributed by atoms with Crippen LogP contribution in [0, 0.1) is 0 Å². The smallest absolute Gasteiger partial charge is 0.0593 e. The van der Waals surface area contributed by atoms with Crippen LogP contribution in [-0.4, -0.2) is 74.5 Å². The van der Waals surface area contributed by atoms with E-state index in [1.54, 1.807) is 0 Å². The Morgan fingerprint density at radius 3 is 2.80 bits per heavy atom. The lowest BCUT2D eigenvalue weighted by Gasteiger charge is -2.19. The minimum atomic E-state index is 0.231. The second-order valence-electron chi connectivity index (χ2n) is 4.19. The van der Waals surface area contributed by atoms with Gasteiger partial charge in [-0.3, -0.25) is 4.90 Å². The van der Waals surface area contributed by atoms with Gasteiger partial charge in [0.1, 0.15) is 0 Å². The minimum Gasteiger partial charge on any atom is -0.396 e. The summed E-state index contributed by atoms with van der Waals surface area (Å²) in [6.07, 6.45) is 2.01. The fraction of sp³-hybridized carbons (Fsp3) is 1.00. The standard InChI is InChI=1S/C11H24N2O2/c1-12-4-2-5-13(7-6-12)8-11-15-10-3-9-14/h14H,2-11H2,1H3. The van der Waals surface area contributed by atoms with Gasteiger partial charge in [-0.15, -0.1) is 0 Å². The fourth-order valence-corrected chi connectivity index (χ4v) is 1.79. The molecular weight excluding hydrogens is 192 g/mol. The fourth-order valence-electron chi connectivity index (χ4n) is 1.79. The highest BCUT2D eigenvalue weighted by Crippen LogP contribution is 2.00. The topological polar surface area (TPSA) is 35.9 Å². The van der Waals surface area contributed by atoms with Crippen molar-refractivity contribution in [3.63, 3.8) is 0 Å². The average molecular weight is 216 g/mol. The molecule has 0 amide bonds. The molecular formula is C11H24N2O2. The van der Waals surface area contributed by atoms with Crippen molar-refractivity contribution in [2.75, 3.05) is 59.6 Å². The van der Waals surface area contributed by atoms with Crippen molar-refractivity contribution in [1.29, 1.82) is 0 Å². The molecule has 1 saturated heterocycles. The van der Waals surface area contributed by atoms with E-state index in [0.29, 0.717) is 6.61 Å². The number of nitrogens with zero attached hydrogens (tertiary/aromatic N) is 2. The van der Waals surface area contributed by atoms with Crippen LogP contribution in [0.1, 0.15) is 12.8 Å². The first-order valence-electron chi connectivity index (χ1n) is 5.92. The van der Waals surface area contributed by atoms with Gasteiger partial charge in [0.2, 0.25) is 0 Å². The Hall–Kier alpha value is -0.160. The number of aliphatic hydroxyl groups excluding tert-OH is 1. The van der Waals surface area contributed by atoms with E-state index in [1.807, 2.05) is 0 Å². The summed E-state index contributed by atoms with van der Waals surface area (Å²) in [4.78, 5) is 4.84. The van der Waals surface area contributed by atoms with Gasteiger partial charge in [-0.2, -0.15) is 0 Å². The van der Waals surface area contributed by atoms with E-state index >= 15 is 0 Å². The minimum absolute atomic E-state index is 0.231. The molecule has 0 aliphatic carbocycles. The maximum atomic E-state index is 8.58. The lowest BCUT2D eigenvalue weighted by Crippen LogP contribution is -2.31. The lowest BCUT2D eigenvalue weighted by molar-refractivity contribution is 0.0927. The summed E-state index contributed by atoms with van der Waals surface area (Å²) in [5, 5.41) is 8.58. The molecule has 1 fully saturated rings. The van der Waals surface area contributed by atoms with Crippen LogP contribution < -0.4 is 0 Å². The van der Waals surface area contributed by atoms with E-state index in [4.69, 9.17) is 9.84 Å². The summed E-state index contributed by atoms with van der Waals surface area (Å²) in [6, 6.07) is 0. The first-order valence-corrected chi connectivity index (χ1v) is 5.92. The Morgan fingerprint density at radius 1 is 1.13 bits per heavy atom. The number of hydrogen-bond acceptors (Lipinski definition) is 4. The second kappa shape index (κ2) is 8.05. The van der Waals surface area contributed by atoms with Crippen molar-refractivity contribution in [2.24, 2.45) is 0 Å². The molecule has 1 N–H and O–H groups in total. The maximum absolute atomic E-state index is 8.58. The highest BCUT2D eigenvalue weighted by Gasteiger charge is 2.10. The third-order valence-corrected chi connectivity index (χ3v) is 2.81. The highest BCUT2D eigenvalue weighted by atomic mass is 16.5. The summed E-state index contributed by atoms with van der Waals surface area (Å²) in [6.45, 7) is 7.45. The Balaban J connectivity index is 2.00. The van der Waals surface area contributed by atoms with E-state index in [-0.39, 0.29) is 6.61 Å². The largest absolute Gasteiger partial charge is 0.396 e. The predicted octanol–water partition coefficient (Wildman–Crippen LogP) is 0.0229. The predicted molar refractivity (Wildman–Crippen MR) is 61.1 cm³/mol.